The summed E-state index contributed by atoms with van der Waals surface area (Å²) in [6, 6.07) is 7.93. The Bertz CT molecular complexity index is 318. The Kier molecular flexibility index (Phi) is 3.77. The molecule has 0 saturated carbocycles. The van der Waals surface area contributed by atoms with Gasteiger partial charge in [-0.1, -0.05) is 31.7 Å². The second-order valence-electron chi connectivity index (χ2n) is 2.59. The van der Waals surface area contributed by atoms with Crippen LogP contribution in [0.5, 0.6) is 0 Å². The van der Waals surface area contributed by atoms with Crippen molar-refractivity contribution in [3.63, 3.8) is 0 Å². The first-order valence-electron chi connectivity index (χ1n) is 4.20. The van der Waals surface area contributed by atoms with Crippen molar-refractivity contribution in [1.29, 1.82) is 0 Å². The van der Waals surface area contributed by atoms with Gasteiger partial charge in [-0.15, -0.1) is 0 Å². The molecular formula is C11H12OS. The van der Waals surface area contributed by atoms with E-state index < -0.39 is 0 Å². The van der Waals surface area contributed by atoms with Crippen molar-refractivity contribution in [2.24, 2.45) is 0 Å². The zero-order valence-electron chi connectivity index (χ0n) is 7.62. The van der Waals surface area contributed by atoms with Gasteiger partial charge in [-0.25, -0.2) is 0 Å². The Morgan fingerprint density at radius 3 is 2.85 bits per heavy atom. The van der Waals surface area contributed by atoms with Crippen LogP contribution in [0.15, 0.2) is 41.8 Å². The van der Waals surface area contributed by atoms with Crippen LogP contribution in [-0.2, 0) is 11.2 Å². The second kappa shape index (κ2) is 4.87. The third kappa shape index (κ3) is 2.74. The normalized spacial score (nSPS) is 9.62. The predicted molar refractivity (Wildman–Crippen MR) is 56.9 cm³/mol. The zero-order valence-corrected chi connectivity index (χ0v) is 8.43. The van der Waals surface area contributed by atoms with Crippen LogP contribution in [0.1, 0.15) is 12.5 Å². The fraction of sp³-hybridized carbons (Fsp3) is 0.182. The fourth-order valence-corrected chi connectivity index (χ4v) is 1.84. The van der Waals surface area contributed by atoms with Crippen LogP contribution in [0.4, 0.5) is 0 Å². The maximum atomic E-state index is 11.1. The lowest BCUT2D eigenvalue weighted by atomic mass is 10.2. The van der Waals surface area contributed by atoms with E-state index in [-0.39, 0.29) is 5.12 Å². The van der Waals surface area contributed by atoms with Gasteiger partial charge in [-0.2, -0.15) is 0 Å². The molecule has 0 unspecified atom stereocenters. The van der Waals surface area contributed by atoms with Gasteiger partial charge in [0.15, 0.2) is 0 Å². The standard InChI is InChI=1S/C11H12OS/c1-3-9-7-5-6-8-10(9)13-11(12)4-2/h4-8H,2-3H2,1H3. The molecule has 0 aliphatic rings. The molecule has 0 aliphatic heterocycles. The molecule has 13 heavy (non-hydrogen) atoms. The van der Waals surface area contributed by atoms with Gasteiger partial charge < -0.3 is 0 Å². The van der Waals surface area contributed by atoms with E-state index in [1.165, 1.54) is 23.4 Å². The first-order chi connectivity index (χ1) is 6.27. The SMILES string of the molecule is C=CC(=O)Sc1ccccc1CC. The third-order valence-corrected chi connectivity index (χ3v) is 2.72. The summed E-state index contributed by atoms with van der Waals surface area (Å²) in [5.74, 6) is 0. The molecule has 1 aromatic carbocycles. The van der Waals surface area contributed by atoms with Gasteiger partial charge >= 0.3 is 0 Å². The molecule has 0 heterocycles. The highest BCUT2D eigenvalue weighted by molar-refractivity contribution is 8.14. The van der Waals surface area contributed by atoms with Crippen LogP contribution in [0.25, 0.3) is 0 Å². The lowest BCUT2D eigenvalue weighted by Gasteiger charge is -2.03. The minimum atomic E-state index is 0.000833. The maximum absolute atomic E-state index is 11.1. The summed E-state index contributed by atoms with van der Waals surface area (Å²) in [7, 11) is 0. The molecule has 0 saturated heterocycles. The van der Waals surface area contributed by atoms with Crippen molar-refractivity contribution in [3.05, 3.63) is 42.5 Å². The van der Waals surface area contributed by atoms with E-state index in [4.69, 9.17) is 0 Å². The molecule has 0 aliphatic carbocycles. The molecule has 2 heteroatoms. The molecule has 0 amide bonds. The van der Waals surface area contributed by atoms with E-state index in [9.17, 15) is 4.79 Å². The number of carbonyl (C=O) groups is 1. The molecule has 1 aromatic rings. The summed E-state index contributed by atoms with van der Waals surface area (Å²) in [5.41, 5.74) is 1.21. The molecule has 0 fully saturated rings. The summed E-state index contributed by atoms with van der Waals surface area (Å²) in [6.07, 6.45) is 2.30. The molecule has 0 bridgehead atoms. The number of carbonyl (C=O) groups excluding carboxylic acids is 1. The van der Waals surface area contributed by atoms with Gasteiger partial charge in [-0.05, 0) is 35.9 Å². The van der Waals surface area contributed by atoms with Crippen molar-refractivity contribution >= 4 is 16.9 Å². The van der Waals surface area contributed by atoms with E-state index in [0.29, 0.717) is 0 Å². The minimum Gasteiger partial charge on any atom is -0.282 e. The zero-order chi connectivity index (χ0) is 9.68. The van der Waals surface area contributed by atoms with Crippen molar-refractivity contribution in [1.82, 2.24) is 0 Å². The van der Waals surface area contributed by atoms with E-state index in [1.807, 2.05) is 24.3 Å². The van der Waals surface area contributed by atoms with Crippen molar-refractivity contribution in [3.8, 4) is 0 Å². The quantitative estimate of drug-likeness (QED) is 0.541. The van der Waals surface area contributed by atoms with Crippen molar-refractivity contribution < 1.29 is 4.79 Å². The molecule has 0 N–H and O–H groups in total. The minimum absolute atomic E-state index is 0.000833. The Morgan fingerprint density at radius 2 is 2.23 bits per heavy atom. The van der Waals surface area contributed by atoms with Gasteiger partial charge in [-0.3, -0.25) is 4.79 Å². The molecule has 1 rings (SSSR count). The number of hydrogen-bond donors (Lipinski definition) is 0. The molecule has 1 nitrogen and oxygen atoms in total. The lowest BCUT2D eigenvalue weighted by molar-refractivity contribution is -0.107. The van der Waals surface area contributed by atoms with Gasteiger partial charge in [0.1, 0.15) is 0 Å². The number of hydrogen-bond acceptors (Lipinski definition) is 2. The Morgan fingerprint density at radius 1 is 1.54 bits per heavy atom. The fourth-order valence-electron chi connectivity index (χ4n) is 1.05. The van der Waals surface area contributed by atoms with Gasteiger partial charge in [0.25, 0.3) is 0 Å². The monoisotopic (exact) mass is 192 g/mol. The van der Waals surface area contributed by atoms with Crippen LogP contribution in [-0.4, -0.2) is 5.12 Å². The number of rotatable bonds is 3. The van der Waals surface area contributed by atoms with E-state index >= 15 is 0 Å². The molecule has 0 radical (unpaired) electrons. The number of aryl methyl sites for hydroxylation is 1. The smallest absolute Gasteiger partial charge is 0.216 e. The van der Waals surface area contributed by atoms with Gasteiger partial charge in [0, 0.05) is 4.90 Å². The summed E-state index contributed by atoms with van der Waals surface area (Å²) < 4.78 is 0. The van der Waals surface area contributed by atoms with Crippen LogP contribution in [0.3, 0.4) is 0 Å². The Balaban J connectivity index is 2.86. The second-order valence-corrected chi connectivity index (χ2v) is 3.63. The van der Waals surface area contributed by atoms with E-state index in [1.54, 1.807) is 0 Å². The van der Waals surface area contributed by atoms with Crippen LogP contribution in [0.2, 0.25) is 0 Å². The first-order valence-corrected chi connectivity index (χ1v) is 5.01. The van der Waals surface area contributed by atoms with Gasteiger partial charge in [0.05, 0.1) is 0 Å². The van der Waals surface area contributed by atoms with E-state index in [2.05, 4.69) is 13.5 Å². The van der Waals surface area contributed by atoms with Gasteiger partial charge in [0.2, 0.25) is 5.12 Å². The molecule has 68 valence electrons. The summed E-state index contributed by atoms with van der Waals surface area (Å²) >= 11 is 1.24. The average molecular weight is 192 g/mol. The van der Waals surface area contributed by atoms with Crippen LogP contribution >= 0.6 is 11.8 Å². The topological polar surface area (TPSA) is 17.1 Å². The summed E-state index contributed by atoms with van der Waals surface area (Å²) in [5, 5.41) is 0.000833. The van der Waals surface area contributed by atoms with Crippen LogP contribution < -0.4 is 0 Å². The summed E-state index contributed by atoms with van der Waals surface area (Å²) in [6.45, 7) is 5.52. The molecule has 0 spiro atoms. The molecule has 0 atom stereocenters. The Hall–Kier alpha value is -1.02. The van der Waals surface area contributed by atoms with Crippen LogP contribution in [0, 0.1) is 0 Å². The van der Waals surface area contributed by atoms with E-state index in [0.717, 1.165) is 11.3 Å². The molecule has 0 aromatic heterocycles. The predicted octanol–water partition coefficient (Wildman–Crippen LogP) is 3.05. The Labute approximate surface area is 82.9 Å². The average Bonchev–Trinajstić information content (AvgIpc) is 2.18. The third-order valence-electron chi connectivity index (χ3n) is 1.73. The highest BCUT2D eigenvalue weighted by Crippen LogP contribution is 2.23. The maximum Gasteiger partial charge on any atom is 0.216 e. The lowest BCUT2D eigenvalue weighted by Crippen LogP contribution is -1.88. The molecular weight excluding hydrogens is 180 g/mol. The highest BCUT2D eigenvalue weighted by atomic mass is 32.2. The first kappa shape index (κ1) is 10.1. The van der Waals surface area contributed by atoms with Crippen molar-refractivity contribution in [2.45, 2.75) is 18.2 Å². The number of thioether (sulfide) groups is 1. The van der Waals surface area contributed by atoms with Crippen molar-refractivity contribution in [2.75, 3.05) is 0 Å². The largest absolute Gasteiger partial charge is 0.282 e. The summed E-state index contributed by atoms with van der Waals surface area (Å²) in [4.78, 5) is 12.1. The number of benzene rings is 1. The highest BCUT2D eigenvalue weighted by Gasteiger charge is 2.03.